The number of rotatable bonds is 7. The third-order valence-electron chi connectivity index (χ3n) is 3.92. The van der Waals surface area contributed by atoms with E-state index in [9.17, 15) is 14.4 Å². The molecule has 2 N–H and O–H groups in total. The van der Waals surface area contributed by atoms with Crippen molar-refractivity contribution >= 4 is 46.5 Å². The highest BCUT2D eigenvalue weighted by molar-refractivity contribution is 6.35. The highest BCUT2D eigenvalue weighted by atomic mass is 35.5. The van der Waals surface area contributed by atoms with Crippen molar-refractivity contribution < 1.29 is 14.4 Å². The smallest absolute Gasteiger partial charge is 0.243 e. The van der Waals surface area contributed by atoms with E-state index in [0.29, 0.717) is 21.3 Å². The molecule has 27 heavy (non-hydrogen) atoms. The Morgan fingerprint density at radius 1 is 0.926 bits per heavy atom. The molecule has 0 aliphatic rings. The summed E-state index contributed by atoms with van der Waals surface area (Å²) in [5, 5.41) is 5.84. The van der Waals surface area contributed by atoms with E-state index < -0.39 is 5.91 Å². The fourth-order valence-electron chi connectivity index (χ4n) is 2.45. The van der Waals surface area contributed by atoms with Crippen LogP contribution in [-0.4, -0.2) is 24.1 Å². The summed E-state index contributed by atoms with van der Waals surface area (Å²) in [6, 6.07) is 10.3. The first-order chi connectivity index (χ1) is 12.8. The van der Waals surface area contributed by atoms with Crippen LogP contribution in [0, 0.1) is 13.8 Å². The molecular weight excluding hydrogens is 387 g/mol. The monoisotopic (exact) mass is 406 g/mol. The zero-order valence-electron chi connectivity index (χ0n) is 15.1. The number of nitrogens with one attached hydrogen (secondary N) is 2. The lowest BCUT2D eigenvalue weighted by Gasteiger charge is -2.09. The zero-order chi connectivity index (χ0) is 20.0. The van der Waals surface area contributed by atoms with E-state index in [1.54, 1.807) is 12.1 Å². The number of amides is 2. The molecule has 7 heteroatoms. The largest absolute Gasteiger partial charge is 0.347 e. The molecule has 0 aliphatic carbocycles. The maximum absolute atomic E-state index is 12.3. The predicted octanol–water partition coefficient (Wildman–Crippen LogP) is 4.33. The van der Waals surface area contributed by atoms with E-state index in [-0.39, 0.29) is 31.1 Å². The molecule has 2 rings (SSSR count). The van der Waals surface area contributed by atoms with Gasteiger partial charge in [0.15, 0.2) is 5.78 Å². The molecule has 2 aromatic rings. The van der Waals surface area contributed by atoms with E-state index in [4.69, 9.17) is 23.2 Å². The number of Topliss-reactive ketones (excluding diaryl/α,β-unsaturated/α-hetero) is 1. The van der Waals surface area contributed by atoms with Crippen molar-refractivity contribution in [1.29, 1.82) is 0 Å². The van der Waals surface area contributed by atoms with Crippen LogP contribution in [0.3, 0.4) is 0 Å². The van der Waals surface area contributed by atoms with Gasteiger partial charge in [0.2, 0.25) is 11.8 Å². The summed E-state index contributed by atoms with van der Waals surface area (Å²) in [5.74, 6) is -0.907. The Bertz CT molecular complexity index is 882. The number of ketones is 1. The Morgan fingerprint density at radius 3 is 2.41 bits per heavy atom. The van der Waals surface area contributed by atoms with E-state index >= 15 is 0 Å². The maximum Gasteiger partial charge on any atom is 0.243 e. The van der Waals surface area contributed by atoms with E-state index in [1.807, 2.05) is 32.0 Å². The van der Waals surface area contributed by atoms with Crippen molar-refractivity contribution in [3.05, 3.63) is 63.1 Å². The van der Waals surface area contributed by atoms with Crippen LogP contribution in [0.1, 0.15) is 34.3 Å². The molecule has 0 heterocycles. The van der Waals surface area contributed by atoms with Crippen molar-refractivity contribution in [3.63, 3.8) is 0 Å². The van der Waals surface area contributed by atoms with Crippen LogP contribution in [0.4, 0.5) is 5.69 Å². The lowest BCUT2D eigenvalue weighted by Crippen LogP contribution is -2.33. The molecule has 0 spiro atoms. The third-order valence-corrected chi connectivity index (χ3v) is 4.49. The van der Waals surface area contributed by atoms with Crippen LogP contribution in [0.2, 0.25) is 10.0 Å². The average molecular weight is 407 g/mol. The van der Waals surface area contributed by atoms with E-state index in [2.05, 4.69) is 10.6 Å². The van der Waals surface area contributed by atoms with Crippen LogP contribution in [0.25, 0.3) is 0 Å². The van der Waals surface area contributed by atoms with Crippen molar-refractivity contribution in [2.75, 3.05) is 11.9 Å². The Labute approximate surface area is 168 Å². The molecule has 2 amide bonds. The van der Waals surface area contributed by atoms with Gasteiger partial charge in [0.1, 0.15) is 0 Å². The number of carbonyl (C=O) groups is 3. The van der Waals surface area contributed by atoms with Gasteiger partial charge in [-0.1, -0.05) is 40.9 Å². The van der Waals surface area contributed by atoms with Gasteiger partial charge in [-0.2, -0.15) is 0 Å². The average Bonchev–Trinajstić information content (AvgIpc) is 2.63. The first-order valence-corrected chi connectivity index (χ1v) is 9.14. The third kappa shape index (κ3) is 6.38. The molecule has 0 bridgehead atoms. The lowest BCUT2D eigenvalue weighted by molar-refractivity contribution is -0.124. The molecule has 0 saturated carbocycles. The van der Waals surface area contributed by atoms with Crippen molar-refractivity contribution in [1.82, 2.24) is 5.32 Å². The summed E-state index contributed by atoms with van der Waals surface area (Å²) in [4.78, 5) is 36.1. The Morgan fingerprint density at radius 2 is 1.67 bits per heavy atom. The topological polar surface area (TPSA) is 75.3 Å². The van der Waals surface area contributed by atoms with Gasteiger partial charge in [0, 0.05) is 23.4 Å². The summed E-state index contributed by atoms with van der Waals surface area (Å²) < 4.78 is 0. The van der Waals surface area contributed by atoms with Crippen LogP contribution in [0.5, 0.6) is 0 Å². The van der Waals surface area contributed by atoms with Crippen LogP contribution in [0.15, 0.2) is 36.4 Å². The number of hydrogen-bond donors (Lipinski definition) is 2. The second-order valence-corrected chi connectivity index (χ2v) is 7.03. The molecule has 142 valence electrons. The van der Waals surface area contributed by atoms with Gasteiger partial charge in [-0.3, -0.25) is 14.4 Å². The minimum atomic E-state index is -0.437. The molecule has 0 atom stereocenters. The van der Waals surface area contributed by atoms with E-state index in [1.165, 1.54) is 6.07 Å². The number of anilines is 1. The molecule has 0 aromatic heterocycles. The molecule has 0 unspecified atom stereocenters. The molecule has 0 aliphatic heterocycles. The lowest BCUT2D eigenvalue weighted by atomic mass is 9.99. The molecule has 0 fully saturated rings. The summed E-state index contributed by atoms with van der Waals surface area (Å²) in [5.41, 5.74) is 2.86. The number of carbonyl (C=O) groups excluding carboxylic acids is 3. The first kappa shape index (κ1) is 20.9. The fourth-order valence-corrected chi connectivity index (χ4v) is 2.79. The van der Waals surface area contributed by atoms with Gasteiger partial charge in [0.05, 0.1) is 17.3 Å². The highest BCUT2D eigenvalue weighted by Crippen LogP contribution is 2.25. The maximum atomic E-state index is 12.3. The summed E-state index contributed by atoms with van der Waals surface area (Å²) in [6.45, 7) is 3.55. The Balaban J connectivity index is 1.80. The quantitative estimate of drug-likeness (QED) is 0.671. The van der Waals surface area contributed by atoms with Crippen LogP contribution >= 0.6 is 23.2 Å². The standard InChI is InChI=1S/C20H20Cl2N2O3/c1-12-3-4-13(2)15(9-12)18(25)7-8-19(26)23-11-20(27)24-17-10-14(21)5-6-16(17)22/h3-6,9-10H,7-8,11H2,1-2H3,(H,23,26)(H,24,27). The second kappa shape index (κ2) is 9.53. The van der Waals surface area contributed by atoms with Gasteiger partial charge in [-0.25, -0.2) is 0 Å². The minimum absolute atomic E-state index is 0.0113. The minimum Gasteiger partial charge on any atom is -0.347 e. The number of hydrogen-bond acceptors (Lipinski definition) is 3. The summed E-state index contributed by atoms with van der Waals surface area (Å²) in [7, 11) is 0. The second-order valence-electron chi connectivity index (χ2n) is 6.19. The predicted molar refractivity (Wildman–Crippen MR) is 108 cm³/mol. The van der Waals surface area contributed by atoms with Crippen LogP contribution in [-0.2, 0) is 9.59 Å². The number of benzene rings is 2. The SMILES string of the molecule is Cc1ccc(C)c(C(=O)CCC(=O)NCC(=O)Nc2cc(Cl)ccc2Cl)c1. The number of aryl methyl sites for hydroxylation is 2. The Hall–Kier alpha value is -2.37. The highest BCUT2D eigenvalue weighted by Gasteiger charge is 2.13. The van der Waals surface area contributed by atoms with Gasteiger partial charge >= 0.3 is 0 Å². The van der Waals surface area contributed by atoms with Gasteiger partial charge in [0.25, 0.3) is 0 Å². The number of halogens is 2. The van der Waals surface area contributed by atoms with Gasteiger partial charge in [-0.05, 0) is 43.7 Å². The van der Waals surface area contributed by atoms with Gasteiger partial charge in [-0.15, -0.1) is 0 Å². The fraction of sp³-hybridized carbons (Fsp3) is 0.250. The molecule has 0 saturated heterocycles. The molecule has 5 nitrogen and oxygen atoms in total. The zero-order valence-corrected chi connectivity index (χ0v) is 16.6. The molecule has 0 radical (unpaired) electrons. The van der Waals surface area contributed by atoms with Crippen LogP contribution < -0.4 is 10.6 Å². The van der Waals surface area contributed by atoms with Crippen molar-refractivity contribution in [2.45, 2.75) is 26.7 Å². The summed E-state index contributed by atoms with van der Waals surface area (Å²) in [6.07, 6.45) is 0.0925. The first-order valence-electron chi connectivity index (χ1n) is 8.38. The van der Waals surface area contributed by atoms with Crippen molar-refractivity contribution in [2.24, 2.45) is 0 Å². The molecule has 2 aromatic carbocycles. The molecular formula is C20H20Cl2N2O3. The summed E-state index contributed by atoms with van der Waals surface area (Å²) >= 11 is 11.8. The Kier molecular flexibility index (Phi) is 7.39. The normalized spacial score (nSPS) is 10.4. The van der Waals surface area contributed by atoms with E-state index in [0.717, 1.165) is 11.1 Å². The van der Waals surface area contributed by atoms with Gasteiger partial charge < -0.3 is 10.6 Å². The van der Waals surface area contributed by atoms with Crippen molar-refractivity contribution in [3.8, 4) is 0 Å².